The van der Waals surface area contributed by atoms with Gasteiger partial charge in [-0.3, -0.25) is 4.79 Å². The van der Waals surface area contributed by atoms with E-state index in [1.165, 1.54) is 0 Å². The van der Waals surface area contributed by atoms with Crippen molar-refractivity contribution >= 4 is 15.9 Å². The predicted octanol–water partition coefficient (Wildman–Crippen LogP) is -0.302. The zero-order chi connectivity index (χ0) is 11.5. The molecule has 1 amide bonds. The van der Waals surface area contributed by atoms with Crippen molar-refractivity contribution < 1.29 is 13.2 Å². The number of hydrogen-bond donors (Lipinski definition) is 2. The molecule has 5 nitrogen and oxygen atoms in total. The van der Waals surface area contributed by atoms with Crippen LogP contribution in [0, 0.1) is 11.8 Å². The van der Waals surface area contributed by atoms with Crippen LogP contribution in [0.15, 0.2) is 0 Å². The molecule has 0 aromatic rings. The van der Waals surface area contributed by atoms with Gasteiger partial charge in [-0.05, 0) is 19.3 Å². The standard InChI is InChI=1S/C9H18N2O3S/c1-3-15(13,14)11-5-4-10-9(12)8-6-7(8)2/h7-8,11H,3-6H2,1-2H3,(H,10,12)/t7-,8-/m1/s1. The van der Waals surface area contributed by atoms with Crippen LogP contribution >= 0.6 is 0 Å². The van der Waals surface area contributed by atoms with E-state index in [0.717, 1.165) is 6.42 Å². The Morgan fingerprint density at radius 1 is 1.40 bits per heavy atom. The lowest BCUT2D eigenvalue weighted by Crippen LogP contribution is -2.36. The van der Waals surface area contributed by atoms with Crippen molar-refractivity contribution in [3.8, 4) is 0 Å². The van der Waals surface area contributed by atoms with Gasteiger partial charge in [-0.15, -0.1) is 0 Å². The van der Waals surface area contributed by atoms with Crippen molar-refractivity contribution in [2.75, 3.05) is 18.8 Å². The summed E-state index contributed by atoms with van der Waals surface area (Å²) in [5.41, 5.74) is 0. The predicted molar refractivity (Wildman–Crippen MR) is 57.7 cm³/mol. The number of carbonyl (C=O) groups is 1. The fourth-order valence-corrected chi connectivity index (χ4v) is 1.93. The van der Waals surface area contributed by atoms with Gasteiger partial charge in [0.1, 0.15) is 0 Å². The molecule has 0 aromatic carbocycles. The molecule has 2 atom stereocenters. The monoisotopic (exact) mass is 234 g/mol. The highest BCUT2D eigenvalue weighted by molar-refractivity contribution is 7.89. The van der Waals surface area contributed by atoms with Crippen LogP contribution in [0.1, 0.15) is 20.3 Å². The van der Waals surface area contributed by atoms with Gasteiger partial charge in [0, 0.05) is 19.0 Å². The van der Waals surface area contributed by atoms with E-state index in [2.05, 4.69) is 10.0 Å². The van der Waals surface area contributed by atoms with E-state index in [1.54, 1.807) is 6.92 Å². The second kappa shape index (κ2) is 4.94. The lowest BCUT2D eigenvalue weighted by atomic mass is 10.3. The van der Waals surface area contributed by atoms with Gasteiger partial charge in [-0.1, -0.05) is 6.92 Å². The summed E-state index contributed by atoms with van der Waals surface area (Å²) < 4.78 is 24.4. The van der Waals surface area contributed by atoms with Crippen LogP contribution in [0.25, 0.3) is 0 Å². The zero-order valence-electron chi connectivity index (χ0n) is 9.12. The third kappa shape index (κ3) is 4.17. The topological polar surface area (TPSA) is 75.3 Å². The summed E-state index contributed by atoms with van der Waals surface area (Å²) in [5, 5.41) is 2.71. The summed E-state index contributed by atoms with van der Waals surface area (Å²) >= 11 is 0. The van der Waals surface area contributed by atoms with E-state index in [1.807, 2.05) is 6.92 Å². The second-order valence-electron chi connectivity index (χ2n) is 3.91. The lowest BCUT2D eigenvalue weighted by Gasteiger charge is -2.05. The van der Waals surface area contributed by atoms with Crippen molar-refractivity contribution in [3.63, 3.8) is 0 Å². The molecule has 6 heteroatoms. The molecule has 0 saturated heterocycles. The largest absolute Gasteiger partial charge is 0.355 e. The van der Waals surface area contributed by atoms with Crippen molar-refractivity contribution in [1.29, 1.82) is 0 Å². The molecule has 0 aliphatic heterocycles. The minimum Gasteiger partial charge on any atom is -0.355 e. The highest BCUT2D eigenvalue weighted by Crippen LogP contribution is 2.37. The maximum absolute atomic E-state index is 11.3. The van der Waals surface area contributed by atoms with E-state index in [0.29, 0.717) is 12.5 Å². The Morgan fingerprint density at radius 2 is 2.00 bits per heavy atom. The molecule has 1 fully saturated rings. The number of sulfonamides is 1. The quantitative estimate of drug-likeness (QED) is 0.619. The number of carbonyl (C=O) groups excluding carboxylic acids is 1. The lowest BCUT2D eigenvalue weighted by molar-refractivity contribution is -0.122. The van der Waals surface area contributed by atoms with Crippen molar-refractivity contribution in [1.82, 2.24) is 10.0 Å². The van der Waals surface area contributed by atoms with Gasteiger partial charge in [-0.25, -0.2) is 13.1 Å². The first-order valence-corrected chi connectivity index (χ1v) is 6.86. The Bertz CT molecular complexity index is 326. The number of nitrogens with one attached hydrogen (secondary N) is 2. The smallest absolute Gasteiger partial charge is 0.223 e. The van der Waals surface area contributed by atoms with Gasteiger partial charge in [0.05, 0.1) is 5.75 Å². The molecule has 0 spiro atoms. The van der Waals surface area contributed by atoms with Crippen molar-refractivity contribution in [2.24, 2.45) is 11.8 Å². The molecule has 1 rings (SSSR count). The van der Waals surface area contributed by atoms with E-state index in [4.69, 9.17) is 0 Å². The molecule has 15 heavy (non-hydrogen) atoms. The Kier molecular flexibility index (Phi) is 4.10. The van der Waals surface area contributed by atoms with Gasteiger partial charge in [0.15, 0.2) is 0 Å². The summed E-state index contributed by atoms with van der Waals surface area (Å²) in [5.74, 6) is 0.740. The van der Waals surface area contributed by atoms with Crippen LogP contribution in [0.3, 0.4) is 0 Å². The number of hydrogen-bond acceptors (Lipinski definition) is 3. The van der Waals surface area contributed by atoms with Gasteiger partial charge in [-0.2, -0.15) is 0 Å². The van der Waals surface area contributed by atoms with E-state index in [-0.39, 0.29) is 24.1 Å². The van der Waals surface area contributed by atoms with Crippen LogP contribution in [-0.4, -0.2) is 33.2 Å². The molecular formula is C9H18N2O3S. The first-order valence-electron chi connectivity index (χ1n) is 5.21. The maximum Gasteiger partial charge on any atom is 0.223 e. The molecule has 0 bridgehead atoms. The number of amides is 1. The summed E-state index contributed by atoms with van der Waals surface area (Å²) in [7, 11) is -3.13. The van der Waals surface area contributed by atoms with Crippen LogP contribution in [-0.2, 0) is 14.8 Å². The van der Waals surface area contributed by atoms with Crippen LogP contribution in [0.2, 0.25) is 0 Å². The van der Waals surface area contributed by atoms with E-state index < -0.39 is 10.0 Å². The molecule has 0 unspecified atom stereocenters. The fourth-order valence-electron chi connectivity index (χ4n) is 1.31. The van der Waals surface area contributed by atoms with Gasteiger partial charge in [0.25, 0.3) is 0 Å². The summed E-state index contributed by atoms with van der Waals surface area (Å²) in [6, 6.07) is 0. The Balaban J connectivity index is 2.09. The normalized spacial score (nSPS) is 24.9. The maximum atomic E-state index is 11.3. The second-order valence-corrected chi connectivity index (χ2v) is 6.00. The SMILES string of the molecule is CCS(=O)(=O)NCCNC(=O)[C@@H]1C[C@H]1C. The summed E-state index contributed by atoms with van der Waals surface area (Å²) in [6.07, 6.45) is 0.951. The van der Waals surface area contributed by atoms with Gasteiger partial charge in [0.2, 0.25) is 15.9 Å². The first kappa shape index (κ1) is 12.4. The molecule has 88 valence electrons. The van der Waals surface area contributed by atoms with Crippen LogP contribution in [0.4, 0.5) is 0 Å². The summed E-state index contributed by atoms with van der Waals surface area (Å²) in [6.45, 7) is 4.24. The summed E-state index contributed by atoms with van der Waals surface area (Å²) in [4.78, 5) is 11.3. The molecule has 0 heterocycles. The van der Waals surface area contributed by atoms with E-state index in [9.17, 15) is 13.2 Å². The molecule has 1 aliphatic rings. The highest BCUT2D eigenvalue weighted by Gasteiger charge is 2.38. The zero-order valence-corrected chi connectivity index (χ0v) is 9.93. The Morgan fingerprint density at radius 3 is 2.47 bits per heavy atom. The molecule has 2 N–H and O–H groups in total. The third-order valence-electron chi connectivity index (χ3n) is 2.57. The minimum absolute atomic E-state index is 0.0400. The third-order valence-corrected chi connectivity index (χ3v) is 3.98. The van der Waals surface area contributed by atoms with Crippen LogP contribution in [0.5, 0.6) is 0 Å². The van der Waals surface area contributed by atoms with E-state index >= 15 is 0 Å². The average Bonchev–Trinajstić information content (AvgIpc) is 2.90. The highest BCUT2D eigenvalue weighted by atomic mass is 32.2. The molecule has 0 radical (unpaired) electrons. The minimum atomic E-state index is -3.13. The van der Waals surface area contributed by atoms with Crippen LogP contribution < -0.4 is 10.0 Å². The first-order chi connectivity index (χ1) is 6.96. The van der Waals surface area contributed by atoms with Crippen molar-refractivity contribution in [3.05, 3.63) is 0 Å². The molecule has 1 aliphatic carbocycles. The molecule has 1 saturated carbocycles. The Hall–Kier alpha value is -0.620. The fraction of sp³-hybridized carbons (Fsp3) is 0.889. The number of rotatable bonds is 6. The Labute approximate surface area is 90.7 Å². The van der Waals surface area contributed by atoms with Gasteiger partial charge < -0.3 is 5.32 Å². The molecule has 0 aromatic heterocycles. The molecular weight excluding hydrogens is 216 g/mol. The average molecular weight is 234 g/mol. The van der Waals surface area contributed by atoms with Crippen molar-refractivity contribution in [2.45, 2.75) is 20.3 Å². The van der Waals surface area contributed by atoms with Gasteiger partial charge >= 0.3 is 0 Å².